The summed E-state index contributed by atoms with van der Waals surface area (Å²) >= 11 is 0. The molecule has 0 saturated carbocycles. The van der Waals surface area contributed by atoms with E-state index in [-0.39, 0.29) is 6.10 Å². The first-order valence-electron chi connectivity index (χ1n) is 8.99. The molecular formula is C19H25N5O. The van der Waals surface area contributed by atoms with E-state index in [1.165, 1.54) is 0 Å². The van der Waals surface area contributed by atoms with Crippen LogP contribution in [0.2, 0.25) is 0 Å². The number of nitriles is 2. The first-order valence-corrected chi connectivity index (χ1v) is 8.99. The molecule has 0 radical (unpaired) electrons. The quantitative estimate of drug-likeness (QED) is 0.823. The molecular weight excluding hydrogens is 314 g/mol. The number of hydrogen-bond acceptors (Lipinski definition) is 6. The van der Waals surface area contributed by atoms with Crippen LogP contribution in [0.5, 0.6) is 0 Å². The summed E-state index contributed by atoms with van der Waals surface area (Å²) in [5.41, 5.74) is 1.96. The van der Waals surface area contributed by atoms with Crippen LogP contribution in [0.25, 0.3) is 0 Å². The van der Waals surface area contributed by atoms with E-state index in [0.29, 0.717) is 11.1 Å². The van der Waals surface area contributed by atoms with Crippen molar-refractivity contribution in [2.24, 2.45) is 0 Å². The van der Waals surface area contributed by atoms with Crippen molar-refractivity contribution < 1.29 is 4.74 Å². The van der Waals surface area contributed by atoms with Crippen molar-refractivity contribution in [3.8, 4) is 12.1 Å². The molecule has 2 saturated heterocycles. The van der Waals surface area contributed by atoms with Gasteiger partial charge in [0, 0.05) is 45.8 Å². The minimum atomic E-state index is 0.279. The summed E-state index contributed by atoms with van der Waals surface area (Å²) in [4.78, 5) is 7.04. The van der Waals surface area contributed by atoms with E-state index in [0.717, 1.165) is 64.7 Å². The molecule has 0 N–H and O–H groups in total. The fourth-order valence-corrected chi connectivity index (χ4v) is 3.68. The molecule has 2 fully saturated rings. The molecule has 0 aliphatic carbocycles. The molecule has 0 bridgehead atoms. The van der Waals surface area contributed by atoms with Crippen LogP contribution >= 0.6 is 0 Å². The Bertz CT molecular complexity index is 637. The zero-order valence-electron chi connectivity index (χ0n) is 14.8. The number of nitrogens with zero attached hydrogens (tertiary/aromatic N) is 5. The Kier molecular flexibility index (Phi) is 5.88. The second-order valence-corrected chi connectivity index (χ2v) is 6.60. The average molecular weight is 339 g/mol. The monoisotopic (exact) mass is 339 g/mol. The smallest absolute Gasteiger partial charge is 0.101 e. The van der Waals surface area contributed by atoms with Crippen LogP contribution in [0.3, 0.4) is 0 Å². The summed E-state index contributed by atoms with van der Waals surface area (Å²) in [5.74, 6) is 0. The van der Waals surface area contributed by atoms with Gasteiger partial charge < -0.3 is 9.64 Å². The lowest BCUT2D eigenvalue weighted by Crippen LogP contribution is -2.52. The van der Waals surface area contributed by atoms with Crippen LogP contribution in [0.15, 0.2) is 18.2 Å². The second-order valence-electron chi connectivity index (χ2n) is 6.60. The van der Waals surface area contributed by atoms with Crippen LogP contribution in [0, 0.1) is 22.7 Å². The zero-order chi connectivity index (χ0) is 17.6. The van der Waals surface area contributed by atoms with Crippen molar-refractivity contribution in [1.29, 1.82) is 10.5 Å². The summed E-state index contributed by atoms with van der Waals surface area (Å²) in [6.07, 6.45) is 0.279. The van der Waals surface area contributed by atoms with Crippen molar-refractivity contribution in [2.75, 3.05) is 63.9 Å². The van der Waals surface area contributed by atoms with E-state index >= 15 is 0 Å². The van der Waals surface area contributed by atoms with Gasteiger partial charge in [-0.05, 0) is 18.7 Å². The molecule has 2 aliphatic heterocycles. The van der Waals surface area contributed by atoms with Crippen LogP contribution in [-0.2, 0) is 4.74 Å². The number of piperazine rings is 1. The predicted molar refractivity (Wildman–Crippen MR) is 96.4 cm³/mol. The number of likely N-dealkylation sites (N-methyl/N-ethyl adjacent to an activating group) is 1. The van der Waals surface area contributed by atoms with Gasteiger partial charge in [0.2, 0.25) is 0 Å². The van der Waals surface area contributed by atoms with Gasteiger partial charge in [-0.25, -0.2) is 0 Å². The van der Waals surface area contributed by atoms with Gasteiger partial charge in [0.05, 0.1) is 29.5 Å². The molecule has 0 aromatic heterocycles. The maximum Gasteiger partial charge on any atom is 0.101 e. The summed E-state index contributed by atoms with van der Waals surface area (Å²) in [7, 11) is 0. The number of para-hydroxylation sites is 1. The van der Waals surface area contributed by atoms with Gasteiger partial charge in [-0.1, -0.05) is 13.0 Å². The van der Waals surface area contributed by atoms with Gasteiger partial charge in [0.15, 0.2) is 0 Å². The van der Waals surface area contributed by atoms with Gasteiger partial charge in [-0.15, -0.1) is 0 Å². The Morgan fingerprint density at radius 3 is 2.32 bits per heavy atom. The molecule has 2 aliphatic rings. The van der Waals surface area contributed by atoms with Gasteiger partial charge in [-0.2, -0.15) is 10.5 Å². The van der Waals surface area contributed by atoms with Gasteiger partial charge in [0.1, 0.15) is 12.1 Å². The summed E-state index contributed by atoms with van der Waals surface area (Å²) < 4.78 is 5.91. The van der Waals surface area contributed by atoms with E-state index in [2.05, 4.69) is 33.8 Å². The van der Waals surface area contributed by atoms with Gasteiger partial charge >= 0.3 is 0 Å². The van der Waals surface area contributed by atoms with E-state index in [1.807, 2.05) is 0 Å². The van der Waals surface area contributed by atoms with Crippen molar-refractivity contribution in [1.82, 2.24) is 9.80 Å². The standard InChI is InChI=1S/C19H25N5O/c1-2-22-10-11-25-18(14-22)15-23-6-8-24(9-7-23)19-16(12-20)4-3-5-17(19)13-21/h3-5,18H,2,6-11,14-15H2,1H3. The highest BCUT2D eigenvalue weighted by Crippen LogP contribution is 2.26. The van der Waals surface area contributed by atoms with E-state index in [4.69, 9.17) is 4.74 Å². The number of anilines is 1. The first-order chi connectivity index (χ1) is 12.2. The van der Waals surface area contributed by atoms with Crippen LogP contribution in [-0.4, -0.2) is 74.9 Å². The van der Waals surface area contributed by atoms with Crippen molar-refractivity contribution in [3.05, 3.63) is 29.3 Å². The molecule has 0 amide bonds. The van der Waals surface area contributed by atoms with Gasteiger partial charge in [-0.3, -0.25) is 9.80 Å². The number of morpholine rings is 1. The number of benzene rings is 1. The highest BCUT2D eigenvalue weighted by Gasteiger charge is 2.26. The third-order valence-corrected chi connectivity index (χ3v) is 5.10. The number of hydrogen-bond donors (Lipinski definition) is 0. The normalized spacial score (nSPS) is 22.4. The highest BCUT2D eigenvalue weighted by atomic mass is 16.5. The van der Waals surface area contributed by atoms with Gasteiger partial charge in [0.25, 0.3) is 0 Å². The third kappa shape index (κ3) is 4.11. The molecule has 1 atom stereocenters. The molecule has 1 aromatic carbocycles. The van der Waals surface area contributed by atoms with Crippen LogP contribution in [0.1, 0.15) is 18.1 Å². The maximum atomic E-state index is 9.37. The molecule has 132 valence electrons. The molecule has 1 aromatic rings. The minimum Gasteiger partial charge on any atom is -0.374 e. The highest BCUT2D eigenvalue weighted by molar-refractivity contribution is 5.68. The van der Waals surface area contributed by atoms with E-state index in [9.17, 15) is 10.5 Å². The van der Waals surface area contributed by atoms with Crippen LogP contribution in [0.4, 0.5) is 5.69 Å². The lowest BCUT2D eigenvalue weighted by atomic mass is 10.1. The fraction of sp³-hybridized carbons (Fsp3) is 0.579. The molecule has 6 nitrogen and oxygen atoms in total. The lowest BCUT2D eigenvalue weighted by Gasteiger charge is -2.40. The Hall–Kier alpha value is -2.12. The molecule has 2 heterocycles. The SMILES string of the molecule is CCN1CCOC(CN2CCN(c3c(C#N)cccc3C#N)CC2)C1. The summed E-state index contributed by atoms with van der Waals surface area (Å²) in [6, 6.07) is 9.80. The average Bonchev–Trinajstić information content (AvgIpc) is 2.68. The number of rotatable bonds is 4. The van der Waals surface area contributed by atoms with Crippen molar-refractivity contribution in [2.45, 2.75) is 13.0 Å². The molecule has 1 unspecified atom stereocenters. The molecule has 6 heteroatoms. The Morgan fingerprint density at radius 2 is 1.72 bits per heavy atom. The lowest BCUT2D eigenvalue weighted by molar-refractivity contribution is -0.0422. The summed E-state index contributed by atoms with van der Waals surface area (Å²) in [5, 5.41) is 18.7. The predicted octanol–water partition coefficient (Wildman–Crippen LogP) is 1.27. The second kappa shape index (κ2) is 8.31. The molecule has 25 heavy (non-hydrogen) atoms. The maximum absolute atomic E-state index is 9.37. The van der Waals surface area contributed by atoms with Crippen LogP contribution < -0.4 is 4.90 Å². The Balaban J connectivity index is 1.60. The summed E-state index contributed by atoms with van der Waals surface area (Å²) in [6.45, 7) is 10.6. The number of ether oxygens (including phenoxy) is 1. The van der Waals surface area contributed by atoms with Crippen molar-refractivity contribution >= 4 is 5.69 Å². The zero-order valence-corrected chi connectivity index (χ0v) is 14.8. The third-order valence-electron chi connectivity index (χ3n) is 5.10. The van der Waals surface area contributed by atoms with E-state index in [1.54, 1.807) is 18.2 Å². The minimum absolute atomic E-state index is 0.279. The fourth-order valence-electron chi connectivity index (χ4n) is 3.68. The first kappa shape index (κ1) is 17.7. The topological polar surface area (TPSA) is 66.5 Å². The van der Waals surface area contributed by atoms with Crippen molar-refractivity contribution in [3.63, 3.8) is 0 Å². The molecule has 3 rings (SSSR count). The Labute approximate surface area is 149 Å². The van der Waals surface area contributed by atoms with E-state index < -0.39 is 0 Å². The largest absolute Gasteiger partial charge is 0.374 e. The molecule has 0 spiro atoms. The Morgan fingerprint density at radius 1 is 1.04 bits per heavy atom.